The molecular weight excluding hydrogens is 298 g/mol. The van der Waals surface area contributed by atoms with Gasteiger partial charge in [-0.15, -0.1) is 0 Å². The first-order valence-electron chi connectivity index (χ1n) is 9.97. The second-order valence-electron chi connectivity index (χ2n) is 6.47. The summed E-state index contributed by atoms with van der Waals surface area (Å²) in [6.45, 7) is 6.20. The van der Waals surface area contributed by atoms with Crippen molar-refractivity contribution in [1.82, 2.24) is 10.6 Å². The number of nitrogens with zero attached hydrogens (tertiary/aromatic N) is 2. The van der Waals surface area contributed by atoms with Crippen LogP contribution in [0.2, 0.25) is 0 Å². The fourth-order valence-electron chi connectivity index (χ4n) is 2.61. The van der Waals surface area contributed by atoms with Crippen molar-refractivity contribution in [1.29, 1.82) is 0 Å². The van der Waals surface area contributed by atoms with Gasteiger partial charge < -0.3 is 16.5 Å². The molecule has 5 heteroatoms. The van der Waals surface area contributed by atoms with Crippen LogP contribution in [-0.2, 0) is 0 Å². The molecule has 0 saturated carbocycles. The van der Waals surface area contributed by atoms with Crippen molar-refractivity contribution >= 4 is 11.9 Å². The van der Waals surface area contributed by atoms with E-state index in [-0.39, 0.29) is 0 Å². The lowest BCUT2D eigenvalue weighted by Crippen LogP contribution is -2.21. The summed E-state index contributed by atoms with van der Waals surface area (Å²) in [5, 5.41) is 10.3. The Kier molecular flexibility index (Phi) is 19.3. The highest BCUT2D eigenvalue weighted by molar-refractivity contribution is 6.31. The molecule has 0 aromatic heterocycles. The van der Waals surface area contributed by atoms with Gasteiger partial charge in [0.2, 0.25) is 0 Å². The van der Waals surface area contributed by atoms with Gasteiger partial charge in [-0.2, -0.15) is 5.10 Å². The predicted molar refractivity (Wildman–Crippen MR) is 108 cm³/mol. The molecule has 4 N–H and O–H groups in total. The lowest BCUT2D eigenvalue weighted by Gasteiger charge is -2.05. The molecular formula is C19H41N5. The smallest absolute Gasteiger partial charge is 0.0915 e. The lowest BCUT2D eigenvalue weighted by atomic mass is 10.1. The zero-order valence-electron chi connectivity index (χ0n) is 16.2. The highest BCUT2D eigenvalue weighted by Crippen LogP contribution is 2.05. The van der Waals surface area contributed by atoms with E-state index in [9.17, 15) is 0 Å². The topological polar surface area (TPSA) is 74.8 Å². The number of hydrogen-bond donors (Lipinski definition) is 3. The maximum absolute atomic E-state index is 5.28. The van der Waals surface area contributed by atoms with E-state index < -0.39 is 0 Å². The van der Waals surface area contributed by atoms with Crippen molar-refractivity contribution in [3.05, 3.63) is 0 Å². The molecule has 0 bridgehead atoms. The van der Waals surface area contributed by atoms with E-state index >= 15 is 0 Å². The van der Waals surface area contributed by atoms with Crippen LogP contribution in [-0.4, -0.2) is 45.2 Å². The summed E-state index contributed by atoms with van der Waals surface area (Å²) in [7, 11) is 1.88. The Bertz CT molecular complexity index is 302. The third-order valence-electron chi connectivity index (χ3n) is 4.11. The monoisotopic (exact) mass is 339 g/mol. The average Bonchev–Trinajstić information content (AvgIpc) is 2.60. The molecule has 0 fully saturated rings. The first-order valence-corrected chi connectivity index (χ1v) is 9.97. The van der Waals surface area contributed by atoms with Gasteiger partial charge in [0, 0.05) is 19.3 Å². The third kappa shape index (κ3) is 17.4. The van der Waals surface area contributed by atoms with E-state index in [4.69, 9.17) is 5.84 Å². The van der Waals surface area contributed by atoms with Gasteiger partial charge in [-0.1, -0.05) is 58.3 Å². The van der Waals surface area contributed by atoms with E-state index in [1.165, 1.54) is 77.3 Å². The number of unbranched alkanes of at least 4 members (excludes halogenated alkanes) is 9. The number of nitrogens with one attached hydrogen (secondary N) is 2. The molecule has 0 saturated heterocycles. The molecule has 0 aromatic carbocycles. The summed E-state index contributed by atoms with van der Waals surface area (Å²) in [5.74, 6) is 5.28. The van der Waals surface area contributed by atoms with E-state index in [1.54, 1.807) is 6.21 Å². The molecule has 0 rings (SSSR count). The minimum Gasteiger partial charge on any atom is -0.323 e. The van der Waals surface area contributed by atoms with Crippen LogP contribution in [0, 0.1) is 0 Å². The van der Waals surface area contributed by atoms with Gasteiger partial charge >= 0.3 is 0 Å². The molecule has 0 aliphatic heterocycles. The van der Waals surface area contributed by atoms with Crippen molar-refractivity contribution in [2.45, 2.75) is 77.6 Å². The summed E-state index contributed by atoms with van der Waals surface area (Å²) >= 11 is 0. The lowest BCUT2D eigenvalue weighted by molar-refractivity contribution is 0.545. The second-order valence-corrected chi connectivity index (χ2v) is 6.47. The minimum atomic E-state index is 0.673. The number of nitrogens with two attached hydrogens (primary N) is 1. The number of rotatable bonds is 18. The fourth-order valence-corrected chi connectivity index (χ4v) is 2.61. The predicted octanol–water partition coefficient (Wildman–Crippen LogP) is 3.49. The maximum atomic E-state index is 5.28. The van der Waals surface area contributed by atoms with Gasteiger partial charge in [0.25, 0.3) is 0 Å². The normalized spacial score (nSPS) is 12.3. The Morgan fingerprint density at radius 1 is 0.875 bits per heavy atom. The van der Waals surface area contributed by atoms with Gasteiger partial charge in [-0.25, -0.2) is 0 Å². The van der Waals surface area contributed by atoms with Crippen LogP contribution in [0.5, 0.6) is 0 Å². The molecule has 0 atom stereocenters. The minimum absolute atomic E-state index is 0.673. The largest absolute Gasteiger partial charge is 0.323 e. The summed E-state index contributed by atoms with van der Waals surface area (Å²) in [6, 6.07) is 0. The first-order chi connectivity index (χ1) is 11.8. The van der Waals surface area contributed by atoms with Gasteiger partial charge in [-0.3, -0.25) is 4.99 Å². The molecule has 142 valence electrons. The SMILES string of the molecule is CCCCCCCNCCCCCCCCN=C/C(CNC)=N\N. The summed E-state index contributed by atoms with van der Waals surface area (Å²) < 4.78 is 0. The van der Waals surface area contributed by atoms with Gasteiger partial charge in [0.15, 0.2) is 0 Å². The van der Waals surface area contributed by atoms with Crippen molar-refractivity contribution < 1.29 is 0 Å². The Morgan fingerprint density at radius 3 is 2.04 bits per heavy atom. The van der Waals surface area contributed by atoms with Crippen LogP contribution in [0.4, 0.5) is 0 Å². The highest BCUT2D eigenvalue weighted by Gasteiger charge is 1.94. The number of aliphatic imine (C=N–C) groups is 1. The quantitative estimate of drug-likeness (QED) is 0.155. The molecule has 0 amide bonds. The molecule has 5 nitrogen and oxygen atoms in total. The molecule has 0 aliphatic rings. The molecule has 0 spiro atoms. The first kappa shape index (κ1) is 23.1. The average molecular weight is 340 g/mol. The summed E-state index contributed by atoms with van der Waals surface area (Å²) in [5.41, 5.74) is 0.801. The van der Waals surface area contributed by atoms with Crippen LogP contribution in [0.25, 0.3) is 0 Å². The van der Waals surface area contributed by atoms with Crippen molar-refractivity contribution in [2.24, 2.45) is 15.9 Å². The van der Waals surface area contributed by atoms with Gasteiger partial charge in [-0.05, 0) is 39.4 Å². The molecule has 0 heterocycles. The summed E-state index contributed by atoms with van der Waals surface area (Å²) in [6.07, 6.45) is 16.4. The number of hydrogen-bond acceptors (Lipinski definition) is 5. The van der Waals surface area contributed by atoms with Gasteiger partial charge in [0.05, 0.1) is 5.71 Å². The highest BCUT2D eigenvalue weighted by atomic mass is 15.1. The van der Waals surface area contributed by atoms with Crippen LogP contribution < -0.4 is 16.5 Å². The second kappa shape index (κ2) is 20.1. The van der Waals surface area contributed by atoms with E-state index in [0.717, 1.165) is 18.7 Å². The van der Waals surface area contributed by atoms with Crippen LogP contribution in [0.3, 0.4) is 0 Å². The van der Waals surface area contributed by atoms with Crippen molar-refractivity contribution in [2.75, 3.05) is 33.2 Å². The zero-order valence-corrected chi connectivity index (χ0v) is 16.2. The van der Waals surface area contributed by atoms with Crippen molar-refractivity contribution in [3.63, 3.8) is 0 Å². The van der Waals surface area contributed by atoms with E-state index in [1.807, 2.05) is 7.05 Å². The number of hydrazone groups is 1. The van der Waals surface area contributed by atoms with Crippen LogP contribution in [0.15, 0.2) is 10.1 Å². The molecule has 0 unspecified atom stereocenters. The Balaban J connectivity index is 3.19. The molecule has 24 heavy (non-hydrogen) atoms. The third-order valence-corrected chi connectivity index (χ3v) is 4.11. The maximum Gasteiger partial charge on any atom is 0.0915 e. The Labute approximate surface area is 150 Å². The molecule has 0 aromatic rings. The fraction of sp³-hybridized carbons (Fsp3) is 0.895. The standard InChI is InChI=1S/C19H41N5/c1-3-4-5-8-11-14-22-15-12-9-6-7-10-13-16-23-18-19(24-20)17-21-2/h18,21-22H,3-17,20H2,1-2H3/b23-18?,24-19-. The Hall–Kier alpha value is -0.940. The van der Waals surface area contributed by atoms with Crippen molar-refractivity contribution in [3.8, 4) is 0 Å². The molecule has 0 radical (unpaired) electrons. The summed E-state index contributed by atoms with van der Waals surface area (Å²) in [4.78, 5) is 4.37. The van der Waals surface area contributed by atoms with Crippen LogP contribution >= 0.6 is 0 Å². The van der Waals surface area contributed by atoms with E-state index in [2.05, 4.69) is 27.7 Å². The molecule has 0 aliphatic carbocycles. The van der Waals surface area contributed by atoms with Gasteiger partial charge in [0.1, 0.15) is 0 Å². The zero-order chi connectivity index (χ0) is 17.7. The Morgan fingerprint density at radius 2 is 1.46 bits per heavy atom. The van der Waals surface area contributed by atoms with E-state index in [0.29, 0.717) is 6.54 Å². The van der Waals surface area contributed by atoms with Crippen LogP contribution in [0.1, 0.15) is 77.6 Å².